The van der Waals surface area contributed by atoms with Crippen molar-refractivity contribution in [2.24, 2.45) is 0 Å². The molecular formula is C16H12F6O2. The van der Waals surface area contributed by atoms with Gasteiger partial charge in [0.25, 0.3) is 0 Å². The molecule has 0 radical (unpaired) electrons. The fourth-order valence-corrected chi connectivity index (χ4v) is 1.56. The van der Waals surface area contributed by atoms with Crippen molar-refractivity contribution in [3.05, 3.63) is 71.8 Å². The molecule has 2 nitrogen and oxygen atoms in total. The Morgan fingerprint density at radius 2 is 1.25 bits per heavy atom. The number of halogens is 6. The van der Waals surface area contributed by atoms with Crippen LogP contribution in [0.15, 0.2) is 60.7 Å². The SMILES string of the molecule is FC(F)C(F)(F)C(F)(F)c1ccccc1.O=C(O)c1ccccc1. The summed E-state index contributed by atoms with van der Waals surface area (Å²) in [7, 11) is 0. The normalized spacial score (nSPS) is 11.6. The van der Waals surface area contributed by atoms with Crippen LogP contribution >= 0.6 is 0 Å². The molecule has 0 saturated heterocycles. The quantitative estimate of drug-likeness (QED) is 0.783. The number of carboxylic acid groups (broad SMARTS) is 1. The van der Waals surface area contributed by atoms with Gasteiger partial charge in [-0.05, 0) is 12.1 Å². The van der Waals surface area contributed by atoms with Crippen LogP contribution in [0.5, 0.6) is 0 Å². The highest BCUT2D eigenvalue weighted by molar-refractivity contribution is 5.87. The van der Waals surface area contributed by atoms with Crippen molar-refractivity contribution in [3.8, 4) is 0 Å². The van der Waals surface area contributed by atoms with Gasteiger partial charge in [-0.1, -0.05) is 48.5 Å². The van der Waals surface area contributed by atoms with Gasteiger partial charge in [0.05, 0.1) is 5.56 Å². The summed E-state index contributed by atoms with van der Waals surface area (Å²) in [6.07, 6.45) is -4.41. The third kappa shape index (κ3) is 4.50. The Morgan fingerprint density at radius 3 is 1.58 bits per heavy atom. The van der Waals surface area contributed by atoms with Gasteiger partial charge in [-0.2, -0.15) is 17.6 Å². The number of hydrogen-bond donors (Lipinski definition) is 1. The first-order valence-corrected chi connectivity index (χ1v) is 6.48. The number of aromatic carboxylic acids is 1. The van der Waals surface area contributed by atoms with Crippen molar-refractivity contribution < 1.29 is 36.2 Å². The summed E-state index contributed by atoms with van der Waals surface area (Å²) in [5, 5.41) is 8.38. The molecule has 2 aromatic rings. The molecule has 0 atom stereocenters. The number of hydrogen-bond acceptors (Lipinski definition) is 1. The Morgan fingerprint density at radius 1 is 0.833 bits per heavy atom. The molecule has 8 heteroatoms. The summed E-state index contributed by atoms with van der Waals surface area (Å²) in [6.45, 7) is 0. The summed E-state index contributed by atoms with van der Waals surface area (Å²) in [5.41, 5.74) is -0.798. The molecule has 2 rings (SSSR count). The predicted molar refractivity (Wildman–Crippen MR) is 74.7 cm³/mol. The third-order valence-corrected chi connectivity index (χ3v) is 2.85. The minimum atomic E-state index is -5.37. The van der Waals surface area contributed by atoms with Crippen LogP contribution in [0.2, 0.25) is 0 Å². The van der Waals surface area contributed by atoms with Gasteiger partial charge in [-0.3, -0.25) is 0 Å². The van der Waals surface area contributed by atoms with Crippen LogP contribution in [0.4, 0.5) is 26.3 Å². The number of benzene rings is 2. The summed E-state index contributed by atoms with van der Waals surface area (Å²) in [6, 6.07) is 13.1. The fourth-order valence-electron chi connectivity index (χ4n) is 1.56. The summed E-state index contributed by atoms with van der Waals surface area (Å²) >= 11 is 0. The van der Waals surface area contributed by atoms with E-state index in [9.17, 15) is 31.1 Å². The van der Waals surface area contributed by atoms with E-state index >= 15 is 0 Å². The standard InChI is InChI=1S/C9H6F6.C7H6O2/c10-7(11)9(14,15)8(12,13)6-4-2-1-3-5-6;8-7(9)6-4-2-1-3-5-6/h1-5,7H;1-5H,(H,8,9). The number of rotatable bonds is 4. The molecule has 0 aliphatic rings. The van der Waals surface area contributed by atoms with E-state index in [2.05, 4.69) is 0 Å². The van der Waals surface area contributed by atoms with Crippen molar-refractivity contribution in [3.63, 3.8) is 0 Å². The second-order valence-corrected chi connectivity index (χ2v) is 4.54. The lowest BCUT2D eigenvalue weighted by Gasteiger charge is -2.25. The molecule has 0 bridgehead atoms. The van der Waals surface area contributed by atoms with E-state index in [4.69, 9.17) is 5.11 Å². The van der Waals surface area contributed by atoms with Crippen LogP contribution in [-0.2, 0) is 5.92 Å². The van der Waals surface area contributed by atoms with Gasteiger partial charge in [0.2, 0.25) is 0 Å². The van der Waals surface area contributed by atoms with Crippen molar-refractivity contribution in [1.29, 1.82) is 0 Å². The Hall–Kier alpha value is -2.51. The van der Waals surface area contributed by atoms with Crippen molar-refractivity contribution in [2.75, 3.05) is 0 Å². The molecule has 0 spiro atoms. The number of carboxylic acids is 1. The molecule has 0 heterocycles. The van der Waals surface area contributed by atoms with Crippen molar-refractivity contribution in [1.82, 2.24) is 0 Å². The van der Waals surface area contributed by atoms with E-state index in [0.29, 0.717) is 17.7 Å². The summed E-state index contributed by atoms with van der Waals surface area (Å²) < 4.78 is 74.5. The molecule has 130 valence electrons. The first-order chi connectivity index (χ1) is 11.1. The molecule has 1 N–H and O–H groups in total. The highest BCUT2D eigenvalue weighted by Crippen LogP contribution is 2.46. The van der Waals surface area contributed by atoms with Crippen LogP contribution in [0, 0.1) is 0 Å². The maximum absolute atomic E-state index is 13.0. The molecule has 0 aromatic heterocycles. The van der Waals surface area contributed by atoms with Crippen LogP contribution in [0.3, 0.4) is 0 Å². The molecule has 0 unspecified atom stereocenters. The molecule has 0 aliphatic carbocycles. The number of carbonyl (C=O) groups is 1. The van der Waals surface area contributed by atoms with E-state index < -0.39 is 29.8 Å². The second-order valence-electron chi connectivity index (χ2n) is 4.54. The molecule has 0 aliphatic heterocycles. The van der Waals surface area contributed by atoms with Gasteiger partial charge in [-0.25, -0.2) is 13.6 Å². The zero-order valence-corrected chi connectivity index (χ0v) is 12.0. The Bertz CT molecular complexity index is 644. The average Bonchev–Trinajstić information content (AvgIpc) is 2.56. The maximum atomic E-state index is 13.0. The lowest BCUT2D eigenvalue weighted by Crippen LogP contribution is -2.44. The van der Waals surface area contributed by atoms with Gasteiger partial charge in [0.1, 0.15) is 0 Å². The minimum Gasteiger partial charge on any atom is -0.478 e. The first kappa shape index (κ1) is 19.5. The zero-order valence-electron chi connectivity index (χ0n) is 12.0. The van der Waals surface area contributed by atoms with Crippen LogP contribution < -0.4 is 0 Å². The monoisotopic (exact) mass is 350 g/mol. The molecular weight excluding hydrogens is 338 g/mol. The topological polar surface area (TPSA) is 37.3 Å². The molecule has 0 fully saturated rings. The van der Waals surface area contributed by atoms with E-state index in [-0.39, 0.29) is 0 Å². The van der Waals surface area contributed by atoms with Gasteiger partial charge in [-0.15, -0.1) is 0 Å². The van der Waals surface area contributed by atoms with Crippen LogP contribution in [0.1, 0.15) is 15.9 Å². The van der Waals surface area contributed by atoms with E-state index in [1.807, 2.05) is 0 Å². The second kappa shape index (κ2) is 7.85. The van der Waals surface area contributed by atoms with E-state index in [1.165, 1.54) is 6.07 Å². The van der Waals surface area contributed by atoms with Crippen molar-refractivity contribution >= 4 is 5.97 Å². The van der Waals surface area contributed by atoms with Gasteiger partial charge in [0, 0.05) is 5.56 Å². The van der Waals surface area contributed by atoms with E-state index in [1.54, 1.807) is 30.3 Å². The maximum Gasteiger partial charge on any atom is 0.373 e. The number of alkyl halides is 6. The highest BCUT2D eigenvalue weighted by Gasteiger charge is 2.63. The average molecular weight is 350 g/mol. The lowest BCUT2D eigenvalue weighted by molar-refractivity contribution is -0.270. The Balaban J connectivity index is 0.000000272. The smallest absolute Gasteiger partial charge is 0.373 e. The van der Waals surface area contributed by atoms with Crippen LogP contribution in [-0.4, -0.2) is 23.4 Å². The largest absolute Gasteiger partial charge is 0.478 e. The summed E-state index contributed by atoms with van der Waals surface area (Å²) in [4.78, 5) is 10.2. The predicted octanol–water partition coefficient (Wildman–Crippen LogP) is 5.06. The first-order valence-electron chi connectivity index (χ1n) is 6.48. The zero-order chi connectivity index (χ0) is 18.4. The van der Waals surface area contributed by atoms with Crippen molar-refractivity contribution in [2.45, 2.75) is 18.3 Å². The van der Waals surface area contributed by atoms with E-state index in [0.717, 1.165) is 12.1 Å². The molecule has 24 heavy (non-hydrogen) atoms. The third-order valence-electron chi connectivity index (χ3n) is 2.85. The van der Waals surface area contributed by atoms with Gasteiger partial charge < -0.3 is 5.11 Å². The molecule has 0 saturated carbocycles. The lowest BCUT2D eigenvalue weighted by atomic mass is 10.0. The van der Waals surface area contributed by atoms with Gasteiger partial charge >= 0.3 is 24.2 Å². The molecule has 0 amide bonds. The van der Waals surface area contributed by atoms with Crippen LogP contribution in [0.25, 0.3) is 0 Å². The van der Waals surface area contributed by atoms with Gasteiger partial charge in [0.15, 0.2) is 0 Å². The Labute approximate surface area is 133 Å². The fraction of sp³-hybridized carbons (Fsp3) is 0.188. The Kier molecular flexibility index (Phi) is 6.39. The molecule has 2 aromatic carbocycles. The minimum absolute atomic E-state index is 0.331. The summed E-state index contributed by atoms with van der Waals surface area (Å²) in [5.74, 6) is -11.1. The highest BCUT2D eigenvalue weighted by atomic mass is 19.3.